The fraction of sp³-hybridized carbons (Fsp3) is 0.692. The zero-order valence-corrected chi connectivity index (χ0v) is 11.9. The number of halogens is 3. The monoisotopic (exact) mass is 292 g/mol. The summed E-state index contributed by atoms with van der Waals surface area (Å²) in [5, 5.41) is 3.70. The molecule has 1 heterocycles. The van der Waals surface area contributed by atoms with Crippen LogP contribution in [0.15, 0.2) is 4.52 Å². The molecule has 7 heteroatoms. The van der Waals surface area contributed by atoms with Crippen LogP contribution >= 0.6 is 0 Å². The van der Waals surface area contributed by atoms with Crippen LogP contribution < -0.4 is 0 Å². The van der Waals surface area contributed by atoms with Gasteiger partial charge in [0.2, 0.25) is 5.91 Å². The highest BCUT2D eigenvalue weighted by molar-refractivity contribution is 5.79. The van der Waals surface area contributed by atoms with E-state index in [1.54, 1.807) is 13.8 Å². The van der Waals surface area contributed by atoms with Crippen LogP contribution in [-0.4, -0.2) is 35.2 Å². The van der Waals surface area contributed by atoms with Gasteiger partial charge in [0.05, 0.1) is 12.1 Å². The van der Waals surface area contributed by atoms with Gasteiger partial charge < -0.3 is 9.42 Å². The van der Waals surface area contributed by atoms with Crippen molar-refractivity contribution < 1.29 is 22.5 Å². The topological polar surface area (TPSA) is 46.3 Å². The number of aromatic nitrogens is 1. The molecule has 0 radical (unpaired) electrons. The summed E-state index contributed by atoms with van der Waals surface area (Å²) >= 11 is 0. The van der Waals surface area contributed by atoms with E-state index in [4.69, 9.17) is 4.52 Å². The second-order valence-corrected chi connectivity index (χ2v) is 4.76. The maximum absolute atomic E-state index is 12.5. The van der Waals surface area contributed by atoms with Crippen molar-refractivity contribution in [3.63, 3.8) is 0 Å². The normalized spacial score (nSPS) is 11.7. The van der Waals surface area contributed by atoms with E-state index in [0.29, 0.717) is 23.4 Å². The van der Waals surface area contributed by atoms with Crippen molar-refractivity contribution in [2.24, 2.45) is 0 Å². The summed E-state index contributed by atoms with van der Waals surface area (Å²) in [6.45, 7) is 4.07. The van der Waals surface area contributed by atoms with Crippen molar-refractivity contribution in [2.75, 3.05) is 13.1 Å². The largest absolute Gasteiger partial charge is 0.406 e. The molecule has 0 aliphatic carbocycles. The fourth-order valence-electron chi connectivity index (χ4n) is 1.87. The van der Waals surface area contributed by atoms with Crippen LogP contribution in [-0.2, 0) is 11.2 Å². The van der Waals surface area contributed by atoms with Crippen molar-refractivity contribution in [1.82, 2.24) is 10.1 Å². The Balaban J connectivity index is 2.77. The van der Waals surface area contributed by atoms with Crippen molar-refractivity contribution in [3.05, 3.63) is 17.0 Å². The molecule has 1 rings (SSSR count). The summed E-state index contributed by atoms with van der Waals surface area (Å²) in [6, 6.07) is 0. The van der Waals surface area contributed by atoms with Gasteiger partial charge in [-0.25, -0.2) is 0 Å². The van der Waals surface area contributed by atoms with Crippen molar-refractivity contribution >= 4 is 5.91 Å². The van der Waals surface area contributed by atoms with Crippen LogP contribution in [0.25, 0.3) is 0 Å². The number of hydrogen-bond acceptors (Lipinski definition) is 3. The Bertz CT molecular complexity index is 435. The predicted molar refractivity (Wildman–Crippen MR) is 67.2 cm³/mol. The molecule has 0 aromatic carbocycles. The Kier molecular flexibility index (Phi) is 5.59. The second-order valence-electron chi connectivity index (χ2n) is 4.76. The average Bonchev–Trinajstić information content (AvgIpc) is 2.64. The molecule has 1 aromatic heterocycles. The summed E-state index contributed by atoms with van der Waals surface area (Å²) in [4.78, 5) is 12.9. The van der Waals surface area contributed by atoms with E-state index in [-0.39, 0.29) is 13.0 Å². The maximum Gasteiger partial charge on any atom is 0.406 e. The van der Waals surface area contributed by atoms with E-state index >= 15 is 0 Å². The van der Waals surface area contributed by atoms with Gasteiger partial charge in [-0.2, -0.15) is 13.2 Å². The Morgan fingerprint density at radius 3 is 2.45 bits per heavy atom. The van der Waals surface area contributed by atoms with Gasteiger partial charge in [0.25, 0.3) is 0 Å². The molecule has 0 atom stereocenters. The highest BCUT2D eigenvalue weighted by Crippen LogP contribution is 2.19. The van der Waals surface area contributed by atoms with Gasteiger partial charge >= 0.3 is 6.18 Å². The molecule has 1 amide bonds. The van der Waals surface area contributed by atoms with Crippen LogP contribution in [0.1, 0.15) is 36.8 Å². The number of amides is 1. The zero-order valence-electron chi connectivity index (χ0n) is 11.9. The molecule has 0 saturated heterocycles. The van der Waals surface area contributed by atoms with Gasteiger partial charge in [0, 0.05) is 12.1 Å². The summed E-state index contributed by atoms with van der Waals surface area (Å²) < 4.78 is 42.4. The third kappa shape index (κ3) is 4.86. The molecule has 114 valence electrons. The summed E-state index contributed by atoms with van der Waals surface area (Å²) in [5.74, 6) is -0.0801. The highest BCUT2D eigenvalue weighted by Gasteiger charge is 2.33. The van der Waals surface area contributed by atoms with Gasteiger partial charge in [-0.15, -0.1) is 0 Å². The molecule has 0 bridgehead atoms. The lowest BCUT2D eigenvalue weighted by Gasteiger charge is -2.23. The Labute approximate surface area is 115 Å². The molecule has 4 nitrogen and oxygen atoms in total. The van der Waals surface area contributed by atoms with E-state index in [9.17, 15) is 18.0 Å². The quantitative estimate of drug-likeness (QED) is 0.809. The van der Waals surface area contributed by atoms with Crippen LogP contribution in [0.4, 0.5) is 13.2 Å². The molecule has 0 aliphatic rings. The van der Waals surface area contributed by atoms with E-state index in [1.165, 1.54) is 0 Å². The molecule has 0 aliphatic heterocycles. The minimum atomic E-state index is -4.39. The minimum Gasteiger partial charge on any atom is -0.361 e. The number of rotatable bonds is 6. The van der Waals surface area contributed by atoms with Crippen molar-refractivity contribution in [2.45, 2.75) is 46.2 Å². The number of alkyl halides is 3. The van der Waals surface area contributed by atoms with Gasteiger partial charge in [0.1, 0.15) is 12.3 Å². The molecule has 0 spiro atoms. The predicted octanol–water partition coefficient (Wildman–Crippen LogP) is 3.02. The lowest BCUT2D eigenvalue weighted by Crippen LogP contribution is -2.40. The Morgan fingerprint density at radius 1 is 1.35 bits per heavy atom. The van der Waals surface area contributed by atoms with E-state index in [0.717, 1.165) is 11.3 Å². The number of unbranched alkanes of at least 4 members (excludes halogenated alkanes) is 1. The fourth-order valence-corrected chi connectivity index (χ4v) is 1.87. The number of carbonyl (C=O) groups is 1. The molecule has 0 unspecified atom stereocenters. The molecular weight excluding hydrogens is 273 g/mol. The van der Waals surface area contributed by atoms with Crippen LogP contribution in [0.5, 0.6) is 0 Å². The Hall–Kier alpha value is -1.53. The Morgan fingerprint density at radius 2 is 2.00 bits per heavy atom. The van der Waals surface area contributed by atoms with Crippen LogP contribution in [0, 0.1) is 13.8 Å². The first-order valence-electron chi connectivity index (χ1n) is 6.51. The van der Waals surface area contributed by atoms with Gasteiger partial charge in [-0.05, 0) is 20.3 Å². The molecule has 0 fully saturated rings. The zero-order chi connectivity index (χ0) is 15.3. The van der Waals surface area contributed by atoms with Crippen molar-refractivity contribution in [3.8, 4) is 0 Å². The molecule has 1 aromatic rings. The first kappa shape index (κ1) is 16.5. The van der Waals surface area contributed by atoms with Crippen molar-refractivity contribution in [1.29, 1.82) is 0 Å². The van der Waals surface area contributed by atoms with Crippen LogP contribution in [0.2, 0.25) is 0 Å². The SMILES string of the molecule is CCCCN(CC(F)(F)F)C(=O)Cc1c(C)noc1C. The third-order valence-electron chi connectivity index (χ3n) is 3.01. The van der Waals surface area contributed by atoms with E-state index in [2.05, 4.69) is 5.16 Å². The van der Waals surface area contributed by atoms with Gasteiger partial charge in [-0.3, -0.25) is 4.79 Å². The number of nitrogens with zero attached hydrogens (tertiary/aromatic N) is 2. The van der Waals surface area contributed by atoms with Gasteiger partial charge in [-0.1, -0.05) is 18.5 Å². The lowest BCUT2D eigenvalue weighted by molar-refractivity contribution is -0.160. The average molecular weight is 292 g/mol. The smallest absolute Gasteiger partial charge is 0.361 e. The highest BCUT2D eigenvalue weighted by atomic mass is 19.4. The van der Waals surface area contributed by atoms with E-state index in [1.807, 2.05) is 6.92 Å². The molecule has 0 saturated carbocycles. The first-order valence-corrected chi connectivity index (χ1v) is 6.51. The number of carbonyl (C=O) groups excluding carboxylic acids is 1. The summed E-state index contributed by atoms with van der Waals surface area (Å²) in [6.07, 6.45) is -3.22. The summed E-state index contributed by atoms with van der Waals surface area (Å²) in [7, 11) is 0. The standard InChI is InChI=1S/C13H19F3N2O2/c1-4-5-6-18(8-13(14,15)16)12(19)7-11-9(2)17-20-10(11)3/h4-8H2,1-3H3. The van der Waals surface area contributed by atoms with Crippen LogP contribution in [0.3, 0.4) is 0 Å². The minimum absolute atomic E-state index is 0.109. The maximum atomic E-state index is 12.5. The number of aryl methyl sites for hydroxylation is 2. The molecule has 0 N–H and O–H groups in total. The third-order valence-corrected chi connectivity index (χ3v) is 3.01. The molecular formula is C13H19F3N2O2. The first-order chi connectivity index (χ1) is 9.24. The summed E-state index contributed by atoms with van der Waals surface area (Å²) in [5.41, 5.74) is 1.11. The second kappa shape index (κ2) is 6.76. The molecule has 20 heavy (non-hydrogen) atoms. The lowest BCUT2D eigenvalue weighted by atomic mass is 10.1. The van der Waals surface area contributed by atoms with E-state index < -0.39 is 18.6 Å². The number of hydrogen-bond donors (Lipinski definition) is 0. The van der Waals surface area contributed by atoms with Gasteiger partial charge in [0.15, 0.2) is 0 Å².